The third-order valence-corrected chi connectivity index (χ3v) is 4.54. The van der Waals surface area contributed by atoms with Gasteiger partial charge in [-0.15, -0.1) is 0 Å². The number of nitrogens with zero attached hydrogens (tertiary/aromatic N) is 2. The average molecular weight is 367 g/mol. The Hall–Kier alpha value is -1.40. The first-order valence-electron chi connectivity index (χ1n) is 6.84. The highest BCUT2D eigenvalue weighted by Crippen LogP contribution is 2.21. The summed E-state index contributed by atoms with van der Waals surface area (Å²) in [5.74, 6) is 0. The summed E-state index contributed by atoms with van der Waals surface area (Å²) < 4.78 is 3.08. The largest absolute Gasteiger partial charge is 0.363 e. The van der Waals surface area contributed by atoms with E-state index in [1.54, 1.807) is 0 Å². The van der Waals surface area contributed by atoms with Crippen molar-refractivity contribution in [3.8, 4) is 0 Å². The molecule has 0 spiro atoms. The maximum Gasteiger partial charge on any atom is 0.170 e. The van der Waals surface area contributed by atoms with Crippen LogP contribution in [-0.2, 0) is 6.54 Å². The van der Waals surface area contributed by atoms with Gasteiger partial charge >= 0.3 is 0 Å². The van der Waals surface area contributed by atoms with Crippen LogP contribution >= 0.6 is 28.1 Å². The molecule has 0 aliphatic rings. The maximum atomic E-state index is 5.20. The van der Waals surface area contributed by atoms with Crippen LogP contribution in [0.1, 0.15) is 23.9 Å². The number of halogens is 1. The molecule has 0 amide bonds. The topological polar surface area (TPSA) is 41.9 Å². The van der Waals surface area contributed by atoms with E-state index in [1.807, 2.05) is 30.7 Å². The van der Waals surface area contributed by atoms with Gasteiger partial charge in [0.15, 0.2) is 5.11 Å². The third kappa shape index (κ3) is 4.04. The second-order valence-corrected chi connectivity index (χ2v) is 6.03. The third-order valence-electron chi connectivity index (χ3n) is 3.15. The van der Waals surface area contributed by atoms with Crippen molar-refractivity contribution < 1.29 is 0 Å². The Morgan fingerprint density at radius 2 is 2.14 bits per heavy atom. The van der Waals surface area contributed by atoms with E-state index in [1.165, 1.54) is 5.56 Å². The van der Waals surface area contributed by atoms with E-state index >= 15 is 0 Å². The van der Waals surface area contributed by atoms with Crippen molar-refractivity contribution in [3.63, 3.8) is 0 Å². The van der Waals surface area contributed by atoms with E-state index in [9.17, 15) is 0 Å². The van der Waals surface area contributed by atoms with Gasteiger partial charge in [-0.1, -0.05) is 12.1 Å². The van der Waals surface area contributed by atoms with Crippen molar-refractivity contribution in [1.82, 2.24) is 15.1 Å². The Labute approximate surface area is 139 Å². The molecule has 1 aromatic carbocycles. The predicted octanol–water partition coefficient (Wildman–Crippen LogP) is 3.62. The molecule has 0 radical (unpaired) electrons. The zero-order valence-corrected chi connectivity index (χ0v) is 14.8. The number of hydrogen-bond donors (Lipinski definition) is 2. The summed E-state index contributed by atoms with van der Waals surface area (Å²) in [7, 11) is 0. The smallest absolute Gasteiger partial charge is 0.170 e. The van der Waals surface area contributed by atoms with Crippen LogP contribution in [-0.4, -0.2) is 21.4 Å². The minimum Gasteiger partial charge on any atom is -0.363 e. The van der Waals surface area contributed by atoms with Crippen LogP contribution < -0.4 is 10.6 Å². The van der Waals surface area contributed by atoms with Gasteiger partial charge in [0.1, 0.15) is 0 Å². The van der Waals surface area contributed by atoms with Gasteiger partial charge in [0, 0.05) is 12.2 Å². The molecule has 0 fully saturated rings. The molecule has 0 aliphatic heterocycles. The van der Waals surface area contributed by atoms with Crippen molar-refractivity contribution >= 4 is 38.9 Å². The van der Waals surface area contributed by atoms with E-state index in [4.69, 9.17) is 12.2 Å². The van der Waals surface area contributed by atoms with E-state index in [0.717, 1.165) is 34.6 Å². The highest BCUT2D eigenvalue weighted by atomic mass is 79.9. The van der Waals surface area contributed by atoms with Gasteiger partial charge in [0.25, 0.3) is 0 Å². The van der Waals surface area contributed by atoms with Crippen LogP contribution in [0.4, 0.5) is 5.69 Å². The molecule has 0 saturated carbocycles. The van der Waals surface area contributed by atoms with Gasteiger partial charge in [-0.25, -0.2) is 0 Å². The van der Waals surface area contributed by atoms with Crippen LogP contribution in [0.5, 0.6) is 0 Å². The number of benzene rings is 1. The minimum absolute atomic E-state index is 0.642. The van der Waals surface area contributed by atoms with Gasteiger partial charge < -0.3 is 10.6 Å². The number of aromatic nitrogens is 2. The van der Waals surface area contributed by atoms with Crippen LogP contribution in [0.25, 0.3) is 0 Å². The summed E-state index contributed by atoms with van der Waals surface area (Å²) >= 11 is 8.76. The first kappa shape index (κ1) is 16.0. The zero-order valence-electron chi connectivity index (χ0n) is 12.4. The van der Waals surface area contributed by atoms with Crippen molar-refractivity contribution in [2.45, 2.75) is 27.3 Å². The summed E-state index contributed by atoms with van der Waals surface area (Å²) in [6.07, 6.45) is 0. The van der Waals surface area contributed by atoms with Crippen molar-refractivity contribution in [3.05, 3.63) is 45.7 Å². The average Bonchev–Trinajstić information content (AvgIpc) is 2.67. The number of rotatable bonds is 4. The number of thiocarbonyl (C=S) groups is 1. The Kier molecular flexibility index (Phi) is 5.36. The van der Waals surface area contributed by atoms with Gasteiger partial charge in [-0.05, 0) is 66.6 Å². The summed E-state index contributed by atoms with van der Waals surface area (Å²) in [5.41, 5.74) is 4.31. The van der Waals surface area contributed by atoms with Crippen molar-refractivity contribution in [1.29, 1.82) is 0 Å². The Morgan fingerprint density at radius 1 is 1.38 bits per heavy atom. The lowest BCUT2D eigenvalue weighted by Crippen LogP contribution is -2.27. The molecule has 2 aromatic rings. The number of anilines is 1. The maximum absolute atomic E-state index is 5.20. The fourth-order valence-corrected chi connectivity index (χ4v) is 2.63. The second-order valence-electron chi connectivity index (χ2n) is 4.83. The monoisotopic (exact) mass is 366 g/mol. The molecule has 1 heterocycles. The molecule has 0 saturated heterocycles. The molecule has 1 aromatic heterocycles. The Bertz CT molecular complexity index is 651. The van der Waals surface area contributed by atoms with Crippen LogP contribution in [0.3, 0.4) is 0 Å². The first-order chi connectivity index (χ1) is 10.0. The molecular formula is C15H19BrN4S. The number of nitrogens with one attached hydrogen (secondary N) is 2. The normalized spacial score (nSPS) is 10.5. The van der Waals surface area contributed by atoms with E-state index in [2.05, 4.69) is 50.7 Å². The van der Waals surface area contributed by atoms with Gasteiger partial charge in [-0.3, -0.25) is 4.68 Å². The minimum atomic E-state index is 0.642. The summed E-state index contributed by atoms with van der Waals surface area (Å²) in [4.78, 5) is 0. The van der Waals surface area contributed by atoms with Crippen molar-refractivity contribution in [2.75, 3.05) is 11.9 Å². The molecule has 21 heavy (non-hydrogen) atoms. The number of hydrogen-bond acceptors (Lipinski definition) is 2. The van der Waals surface area contributed by atoms with Gasteiger partial charge in [0.05, 0.1) is 22.4 Å². The second kappa shape index (κ2) is 7.04. The summed E-state index contributed by atoms with van der Waals surface area (Å²) in [5, 5.41) is 11.4. The summed E-state index contributed by atoms with van der Waals surface area (Å²) in [6, 6.07) is 8.21. The lowest BCUT2D eigenvalue weighted by Gasteiger charge is -2.11. The molecule has 0 aliphatic carbocycles. The van der Waals surface area contributed by atoms with E-state index < -0.39 is 0 Å². The highest BCUT2D eigenvalue weighted by molar-refractivity contribution is 9.10. The Morgan fingerprint density at radius 3 is 2.76 bits per heavy atom. The molecule has 0 unspecified atom stereocenters. The molecule has 0 atom stereocenters. The fraction of sp³-hybridized carbons (Fsp3) is 0.333. The SMILES string of the molecule is CCNC(=S)Nc1cccc(Cn2nc(C)c(Br)c2C)c1. The van der Waals surface area contributed by atoms with Crippen LogP contribution in [0.15, 0.2) is 28.7 Å². The zero-order chi connectivity index (χ0) is 15.4. The lowest BCUT2D eigenvalue weighted by molar-refractivity contribution is 0.659. The highest BCUT2D eigenvalue weighted by Gasteiger charge is 2.09. The van der Waals surface area contributed by atoms with Crippen LogP contribution in [0.2, 0.25) is 0 Å². The first-order valence-corrected chi connectivity index (χ1v) is 8.04. The molecule has 0 bridgehead atoms. The quantitative estimate of drug-likeness (QED) is 0.810. The summed E-state index contributed by atoms with van der Waals surface area (Å²) in [6.45, 7) is 7.63. The molecular weight excluding hydrogens is 348 g/mol. The molecule has 112 valence electrons. The molecule has 4 nitrogen and oxygen atoms in total. The van der Waals surface area contributed by atoms with Gasteiger partial charge in [0.2, 0.25) is 0 Å². The molecule has 6 heteroatoms. The Balaban J connectivity index is 2.14. The van der Waals surface area contributed by atoms with Crippen molar-refractivity contribution in [2.24, 2.45) is 0 Å². The predicted molar refractivity (Wildman–Crippen MR) is 94.8 cm³/mol. The van der Waals surface area contributed by atoms with E-state index in [0.29, 0.717) is 5.11 Å². The lowest BCUT2D eigenvalue weighted by atomic mass is 10.2. The number of aryl methyl sites for hydroxylation is 1. The van der Waals surface area contributed by atoms with E-state index in [-0.39, 0.29) is 0 Å². The standard InChI is InChI=1S/C15H19BrN4S/c1-4-17-15(21)18-13-7-5-6-12(8-13)9-20-11(3)14(16)10(2)19-20/h5-8H,4,9H2,1-3H3,(H2,17,18,21). The molecule has 2 N–H and O–H groups in total. The molecule has 2 rings (SSSR count). The fourth-order valence-electron chi connectivity index (χ4n) is 2.09. The van der Waals surface area contributed by atoms with Gasteiger partial charge in [-0.2, -0.15) is 5.10 Å². The van der Waals surface area contributed by atoms with Crippen LogP contribution in [0, 0.1) is 13.8 Å².